The Morgan fingerprint density at radius 3 is 2.70 bits per heavy atom. The van der Waals surface area contributed by atoms with Crippen molar-refractivity contribution in [3.8, 4) is 0 Å². The van der Waals surface area contributed by atoms with Crippen molar-refractivity contribution in [3.05, 3.63) is 83.8 Å². The van der Waals surface area contributed by atoms with Gasteiger partial charge in [-0.2, -0.15) is 0 Å². The third-order valence-electron chi connectivity index (χ3n) is 6.38. The maximum absolute atomic E-state index is 13.2. The van der Waals surface area contributed by atoms with Crippen LogP contribution in [0.15, 0.2) is 71.3 Å². The summed E-state index contributed by atoms with van der Waals surface area (Å²) in [7, 11) is 0. The van der Waals surface area contributed by atoms with Crippen molar-refractivity contribution >= 4 is 17.3 Å². The van der Waals surface area contributed by atoms with Gasteiger partial charge in [-0.15, -0.1) is 0 Å². The Bertz CT molecular complexity index is 1010. The van der Waals surface area contributed by atoms with Crippen molar-refractivity contribution in [1.29, 1.82) is 0 Å². The molecule has 2 atom stereocenters. The Hall–Kier alpha value is -3.21. The lowest BCUT2D eigenvalue weighted by atomic mass is 9.83. The summed E-state index contributed by atoms with van der Waals surface area (Å²) in [6, 6.07) is 21.1. The van der Waals surface area contributed by atoms with Crippen LogP contribution >= 0.6 is 0 Å². The van der Waals surface area contributed by atoms with Crippen LogP contribution in [0.5, 0.6) is 0 Å². The molecule has 0 radical (unpaired) electrons. The van der Waals surface area contributed by atoms with Gasteiger partial charge >= 0.3 is 0 Å². The molecule has 2 aliphatic heterocycles. The van der Waals surface area contributed by atoms with E-state index in [2.05, 4.69) is 70.6 Å². The topological polar surface area (TPSA) is 48.7 Å². The summed E-state index contributed by atoms with van der Waals surface area (Å²) in [6.45, 7) is 5.25. The lowest BCUT2D eigenvalue weighted by Gasteiger charge is -2.49. The highest BCUT2D eigenvalue weighted by Crippen LogP contribution is 2.37. The zero-order chi connectivity index (χ0) is 20.5. The zero-order valence-electron chi connectivity index (χ0n) is 17.3. The number of piperazine rings is 1. The number of nitrogens with one attached hydrogen (secondary N) is 1. The van der Waals surface area contributed by atoms with Crippen molar-refractivity contribution < 1.29 is 9.21 Å². The van der Waals surface area contributed by atoms with E-state index >= 15 is 0 Å². The number of anilines is 2. The van der Waals surface area contributed by atoms with Gasteiger partial charge in [0.25, 0.3) is 0 Å². The molecule has 2 aliphatic rings. The van der Waals surface area contributed by atoms with Gasteiger partial charge in [0, 0.05) is 31.0 Å². The molecule has 5 heteroatoms. The first-order valence-electron chi connectivity index (χ1n) is 10.7. The minimum absolute atomic E-state index is 0.0943. The normalized spacial score (nSPS) is 20.4. The first kappa shape index (κ1) is 18.8. The van der Waals surface area contributed by atoms with E-state index in [1.54, 1.807) is 6.26 Å². The minimum Gasteiger partial charge on any atom is -0.467 e. The fraction of sp³-hybridized carbons (Fsp3) is 0.320. The molecule has 1 fully saturated rings. The van der Waals surface area contributed by atoms with Crippen LogP contribution in [0.3, 0.4) is 0 Å². The van der Waals surface area contributed by atoms with Crippen molar-refractivity contribution in [2.24, 2.45) is 5.92 Å². The van der Waals surface area contributed by atoms with Crippen molar-refractivity contribution in [3.63, 3.8) is 0 Å². The van der Waals surface area contributed by atoms with E-state index in [0.717, 1.165) is 31.8 Å². The highest BCUT2D eigenvalue weighted by atomic mass is 16.3. The summed E-state index contributed by atoms with van der Waals surface area (Å²) >= 11 is 0. The molecule has 0 unspecified atom stereocenters. The average Bonchev–Trinajstić information content (AvgIpc) is 3.31. The van der Waals surface area contributed by atoms with E-state index in [1.165, 1.54) is 22.5 Å². The van der Waals surface area contributed by atoms with Gasteiger partial charge in [-0.05, 0) is 49.2 Å². The molecule has 0 spiro atoms. The molecule has 3 aromatic rings. The van der Waals surface area contributed by atoms with Crippen molar-refractivity contribution in [2.45, 2.75) is 25.9 Å². The molecule has 2 aromatic carbocycles. The first-order chi connectivity index (χ1) is 14.7. The standard InChI is InChI=1S/C25H27N3O2/c1-18-8-10-20(11-9-18)27-12-13-28-23-7-3-2-5-19(23)15-22(24(28)17-27)25(29)26-16-21-6-4-14-30-21/h2-11,14,22,24H,12-13,15-17H2,1H3,(H,26,29)/t22-,24+/m1/s1. The Balaban J connectivity index is 1.40. The van der Waals surface area contributed by atoms with Crippen LogP contribution in [-0.2, 0) is 17.8 Å². The number of rotatable bonds is 4. The maximum Gasteiger partial charge on any atom is 0.225 e. The number of para-hydroxylation sites is 1. The van der Waals surface area contributed by atoms with E-state index in [-0.39, 0.29) is 17.9 Å². The minimum atomic E-state index is -0.0943. The number of benzene rings is 2. The Kier molecular flexibility index (Phi) is 4.95. The molecular formula is C25H27N3O2. The van der Waals surface area contributed by atoms with Crippen LogP contribution in [0, 0.1) is 12.8 Å². The van der Waals surface area contributed by atoms with E-state index in [1.807, 2.05) is 12.1 Å². The van der Waals surface area contributed by atoms with E-state index in [0.29, 0.717) is 6.54 Å². The first-order valence-corrected chi connectivity index (χ1v) is 10.7. The van der Waals surface area contributed by atoms with Crippen LogP contribution in [0.25, 0.3) is 0 Å². The molecule has 0 aliphatic carbocycles. The molecule has 3 heterocycles. The summed E-state index contributed by atoms with van der Waals surface area (Å²) in [4.78, 5) is 18.1. The quantitative estimate of drug-likeness (QED) is 0.723. The predicted octanol–water partition coefficient (Wildman–Crippen LogP) is 3.77. The van der Waals surface area contributed by atoms with Gasteiger partial charge in [0.2, 0.25) is 5.91 Å². The fourth-order valence-corrected chi connectivity index (χ4v) is 4.77. The van der Waals surface area contributed by atoms with Crippen LogP contribution in [0.4, 0.5) is 11.4 Å². The lowest BCUT2D eigenvalue weighted by Crippen LogP contribution is -2.61. The lowest BCUT2D eigenvalue weighted by molar-refractivity contribution is -0.126. The second-order valence-corrected chi connectivity index (χ2v) is 8.28. The number of carbonyl (C=O) groups excluding carboxylic acids is 1. The molecule has 0 saturated carbocycles. The van der Waals surface area contributed by atoms with Gasteiger partial charge in [0.05, 0.1) is 24.8 Å². The Morgan fingerprint density at radius 2 is 1.90 bits per heavy atom. The molecule has 1 N–H and O–H groups in total. The number of furan rings is 1. The van der Waals surface area contributed by atoms with Gasteiger partial charge in [-0.3, -0.25) is 4.79 Å². The zero-order valence-corrected chi connectivity index (χ0v) is 17.3. The van der Waals surface area contributed by atoms with E-state index in [9.17, 15) is 4.79 Å². The molecule has 1 aromatic heterocycles. The molecular weight excluding hydrogens is 374 g/mol. The van der Waals surface area contributed by atoms with Crippen LogP contribution in [0.1, 0.15) is 16.9 Å². The smallest absolute Gasteiger partial charge is 0.225 e. The highest BCUT2D eigenvalue weighted by Gasteiger charge is 2.41. The van der Waals surface area contributed by atoms with Crippen molar-refractivity contribution in [2.75, 3.05) is 29.4 Å². The van der Waals surface area contributed by atoms with Gasteiger partial charge in [0.15, 0.2) is 0 Å². The van der Waals surface area contributed by atoms with E-state index < -0.39 is 0 Å². The van der Waals surface area contributed by atoms with E-state index in [4.69, 9.17) is 4.42 Å². The maximum atomic E-state index is 13.2. The summed E-state index contributed by atoms with van der Waals surface area (Å²) in [5, 5.41) is 3.10. The summed E-state index contributed by atoms with van der Waals surface area (Å²) in [6.07, 6.45) is 2.41. The number of amides is 1. The summed E-state index contributed by atoms with van der Waals surface area (Å²) < 4.78 is 5.39. The molecule has 1 saturated heterocycles. The number of fused-ring (bicyclic) bond motifs is 3. The second kappa shape index (κ2) is 7.90. The summed E-state index contributed by atoms with van der Waals surface area (Å²) in [5.74, 6) is 0.783. The number of hydrogen-bond donors (Lipinski definition) is 1. The number of hydrogen-bond acceptors (Lipinski definition) is 4. The van der Waals surface area contributed by atoms with Crippen LogP contribution < -0.4 is 15.1 Å². The molecule has 0 bridgehead atoms. The molecule has 1 amide bonds. The van der Waals surface area contributed by atoms with Gasteiger partial charge < -0.3 is 19.5 Å². The Morgan fingerprint density at radius 1 is 1.07 bits per heavy atom. The van der Waals surface area contributed by atoms with Crippen molar-refractivity contribution in [1.82, 2.24) is 5.32 Å². The highest BCUT2D eigenvalue weighted by molar-refractivity contribution is 5.82. The van der Waals surface area contributed by atoms with Gasteiger partial charge in [-0.25, -0.2) is 0 Å². The largest absolute Gasteiger partial charge is 0.467 e. The second-order valence-electron chi connectivity index (χ2n) is 8.28. The SMILES string of the molecule is Cc1ccc(N2CCN3c4ccccc4C[C@@H](C(=O)NCc4ccco4)[C@@H]3C2)cc1. The van der Waals surface area contributed by atoms with Gasteiger partial charge in [-0.1, -0.05) is 35.9 Å². The number of aryl methyl sites for hydroxylation is 1. The third-order valence-corrected chi connectivity index (χ3v) is 6.38. The molecule has 30 heavy (non-hydrogen) atoms. The number of carbonyl (C=O) groups is 1. The van der Waals surface area contributed by atoms with Crippen LogP contribution in [0.2, 0.25) is 0 Å². The van der Waals surface area contributed by atoms with Crippen LogP contribution in [-0.4, -0.2) is 31.6 Å². The summed E-state index contributed by atoms with van der Waals surface area (Å²) in [5.41, 5.74) is 5.03. The predicted molar refractivity (Wildman–Crippen MR) is 119 cm³/mol. The molecule has 154 valence electrons. The fourth-order valence-electron chi connectivity index (χ4n) is 4.77. The molecule has 5 nitrogen and oxygen atoms in total. The number of nitrogens with zero attached hydrogens (tertiary/aromatic N) is 2. The molecule has 5 rings (SSSR count). The third kappa shape index (κ3) is 3.56. The Labute approximate surface area is 177 Å². The van der Waals surface area contributed by atoms with Gasteiger partial charge in [0.1, 0.15) is 5.76 Å². The monoisotopic (exact) mass is 401 g/mol. The average molecular weight is 402 g/mol.